The second-order valence-corrected chi connectivity index (χ2v) is 6.60. The third kappa shape index (κ3) is 4.45. The monoisotopic (exact) mass is 370 g/mol. The molecule has 1 unspecified atom stereocenters. The Balaban J connectivity index is 1.97. The van der Waals surface area contributed by atoms with Crippen LogP contribution < -0.4 is 15.2 Å². The lowest BCUT2D eigenvalue weighted by molar-refractivity contribution is -0.124. The maximum absolute atomic E-state index is 11.8. The van der Waals surface area contributed by atoms with E-state index in [1.54, 1.807) is 0 Å². The van der Waals surface area contributed by atoms with Crippen LogP contribution in [0.15, 0.2) is 36.7 Å². The molecule has 1 saturated heterocycles. The van der Waals surface area contributed by atoms with Gasteiger partial charge in [0.15, 0.2) is 0 Å². The van der Waals surface area contributed by atoms with Crippen LogP contribution in [0.4, 0.5) is 0 Å². The molecule has 1 amide bonds. The van der Waals surface area contributed by atoms with Gasteiger partial charge in [0.05, 0.1) is 19.3 Å². The first kappa shape index (κ1) is 19.3. The zero-order valence-electron chi connectivity index (χ0n) is 16.1. The van der Waals surface area contributed by atoms with Gasteiger partial charge in [-0.05, 0) is 69.5 Å². The quantitative estimate of drug-likeness (QED) is 0.776. The number of nitrogens with two attached hydrogens (primary N) is 1. The topological polar surface area (TPSA) is 69.7 Å². The molecular weight excluding hydrogens is 342 g/mol. The molecule has 145 valence electrons. The van der Waals surface area contributed by atoms with Gasteiger partial charge >= 0.3 is 0 Å². The molecule has 1 aromatic carbocycles. The van der Waals surface area contributed by atoms with E-state index in [1.807, 2.05) is 55.1 Å². The lowest BCUT2D eigenvalue weighted by atomic mass is 10.0. The number of hydrogen-bond acceptors (Lipinski definition) is 4. The summed E-state index contributed by atoms with van der Waals surface area (Å²) in [5, 5.41) is 0. The Bertz CT molecular complexity index is 731. The van der Waals surface area contributed by atoms with E-state index in [0.717, 1.165) is 35.7 Å². The van der Waals surface area contributed by atoms with Crippen LogP contribution >= 0.6 is 0 Å². The number of ether oxygens (including phenoxy) is 2. The summed E-state index contributed by atoms with van der Waals surface area (Å²) in [4.78, 5) is 13.9. The van der Waals surface area contributed by atoms with Crippen molar-refractivity contribution in [1.82, 2.24) is 9.47 Å². The molecule has 3 rings (SSSR count). The van der Waals surface area contributed by atoms with Crippen molar-refractivity contribution in [3.05, 3.63) is 48.6 Å². The molecule has 6 nitrogen and oxygen atoms in total. The Kier molecular flexibility index (Phi) is 6.40. The highest BCUT2D eigenvalue weighted by Crippen LogP contribution is 2.35. The average Bonchev–Trinajstić information content (AvgIpc) is 3.17. The fourth-order valence-corrected chi connectivity index (χ4v) is 3.55. The van der Waals surface area contributed by atoms with Crippen LogP contribution in [-0.2, 0) is 11.3 Å². The maximum Gasteiger partial charge on any atom is 0.234 e. The molecule has 1 radical (unpaired) electrons. The fourth-order valence-electron chi connectivity index (χ4n) is 3.55. The molecule has 0 saturated carbocycles. The fraction of sp³-hybridized carbons (Fsp3) is 0.429. The van der Waals surface area contributed by atoms with Crippen molar-refractivity contribution < 1.29 is 14.3 Å². The van der Waals surface area contributed by atoms with Gasteiger partial charge in [0.1, 0.15) is 17.2 Å². The number of carbonyl (C=O) groups excluding carboxylic acids is 1. The molecule has 2 N–H and O–H groups in total. The Morgan fingerprint density at radius 1 is 1.15 bits per heavy atom. The van der Waals surface area contributed by atoms with Crippen molar-refractivity contribution in [3.8, 4) is 17.2 Å². The van der Waals surface area contributed by atoms with E-state index in [1.165, 1.54) is 0 Å². The van der Waals surface area contributed by atoms with Crippen LogP contribution in [-0.4, -0.2) is 41.2 Å². The number of nitrogens with zero attached hydrogens (tertiary/aromatic N) is 2. The molecule has 0 aliphatic carbocycles. The van der Waals surface area contributed by atoms with Crippen molar-refractivity contribution in [2.24, 2.45) is 5.73 Å². The first-order chi connectivity index (χ1) is 13.1. The van der Waals surface area contributed by atoms with E-state index >= 15 is 0 Å². The Hall–Kier alpha value is -2.47. The number of amides is 1. The minimum Gasteiger partial charge on any atom is -0.492 e. The van der Waals surface area contributed by atoms with Gasteiger partial charge in [0.2, 0.25) is 5.91 Å². The highest BCUT2D eigenvalue weighted by molar-refractivity contribution is 5.80. The maximum atomic E-state index is 11.8. The van der Waals surface area contributed by atoms with Gasteiger partial charge in [-0.15, -0.1) is 0 Å². The zero-order valence-corrected chi connectivity index (χ0v) is 16.1. The number of primary amides is 1. The van der Waals surface area contributed by atoms with Gasteiger partial charge in [0, 0.05) is 18.9 Å². The minimum absolute atomic E-state index is 0.256. The molecule has 1 aliphatic rings. The Morgan fingerprint density at radius 2 is 1.78 bits per heavy atom. The van der Waals surface area contributed by atoms with Gasteiger partial charge < -0.3 is 19.8 Å². The molecule has 2 aromatic rings. The second kappa shape index (κ2) is 8.95. The van der Waals surface area contributed by atoms with Crippen LogP contribution in [0.1, 0.15) is 32.3 Å². The van der Waals surface area contributed by atoms with E-state index in [9.17, 15) is 4.79 Å². The number of benzene rings is 1. The summed E-state index contributed by atoms with van der Waals surface area (Å²) < 4.78 is 13.9. The van der Waals surface area contributed by atoms with Crippen LogP contribution in [0, 0.1) is 6.42 Å². The molecule has 1 fully saturated rings. The molecule has 1 aliphatic heterocycles. The average molecular weight is 370 g/mol. The number of piperidine rings is 1. The number of hydrogen-bond donors (Lipinski definition) is 1. The van der Waals surface area contributed by atoms with E-state index in [0.29, 0.717) is 26.2 Å². The Morgan fingerprint density at radius 3 is 2.33 bits per heavy atom. The molecule has 2 heterocycles. The smallest absolute Gasteiger partial charge is 0.234 e. The molecule has 1 atom stereocenters. The van der Waals surface area contributed by atoms with E-state index < -0.39 is 0 Å². The predicted molar refractivity (Wildman–Crippen MR) is 105 cm³/mol. The van der Waals surface area contributed by atoms with Crippen LogP contribution in [0.2, 0.25) is 0 Å². The molecule has 6 heteroatoms. The van der Waals surface area contributed by atoms with Crippen molar-refractivity contribution >= 4 is 5.91 Å². The summed E-state index contributed by atoms with van der Waals surface area (Å²) >= 11 is 0. The number of rotatable bonds is 8. The van der Waals surface area contributed by atoms with Crippen LogP contribution in [0.3, 0.4) is 0 Å². The number of aromatic nitrogens is 1. The minimum atomic E-state index is -0.273. The first-order valence-electron chi connectivity index (χ1n) is 9.54. The van der Waals surface area contributed by atoms with E-state index in [-0.39, 0.29) is 11.9 Å². The number of carbonyl (C=O) groups is 1. The highest BCUT2D eigenvalue weighted by atomic mass is 16.5. The molecule has 0 spiro atoms. The van der Waals surface area contributed by atoms with E-state index in [2.05, 4.69) is 11.3 Å². The largest absolute Gasteiger partial charge is 0.492 e. The third-order valence-corrected chi connectivity index (χ3v) is 4.73. The standard InChI is InChI=1S/C21H28N3O3/c1-3-26-18-13-16(15-24-12-6-5-9-17(24)21(22)25)14-19(27-4-2)20(18)23-10-7-8-11-23/h5,7-8,10-11,13-14,17H,3-4,6,9,12,15H2,1-2H3,(H2,22,25). The second-order valence-electron chi connectivity index (χ2n) is 6.60. The van der Waals surface area contributed by atoms with Crippen LogP contribution in [0.5, 0.6) is 11.5 Å². The van der Waals surface area contributed by atoms with Crippen molar-refractivity contribution in [3.63, 3.8) is 0 Å². The SMILES string of the molecule is CCOc1cc(CN2CC[CH]CC2C(N)=O)cc(OCC)c1-n1cccc1. The summed E-state index contributed by atoms with van der Waals surface area (Å²) in [6, 6.07) is 7.77. The molecule has 0 bridgehead atoms. The third-order valence-electron chi connectivity index (χ3n) is 4.73. The van der Waals surface area contributed by atoms with Crippen LogP contribution in [0.25, 0.3) is 5.69 Å². The van der Waals surface area contributed by atoms with E-state index in [4.69, 9.17) is 15.2 Å². The summed E-state index contributed by atoms with van der Waals surface area (Å²) in [5.74, 6) is 1.27. The molecule has 27 heavy (non-hydrogen) atoms. The lowest BCUT2D eigenvalue weighted by Crippen LogP contribution is -2.47. The lowest BCUT2D eigenvalue weighted by Gasteiger charge is -2.33. The highest BCUT2D eigenvalue weighted by Gasteiger charge is 2.27. The molecule has 1 aromatic heterocycles. The summed E-state index contributed by atoms with van der Waals surface area (Å²) in [6.07, 6.45) is 7.75. The van der Waals surface area contributed by atoms with Crippen molar-refractivity contribution in [2.45, 2.75) is 39.3 Å². The summed E-state index contributed by atoms with van der Waals surface area (Å²) in [7, 11) is 0. The predicted octanol–water partition coefficient (Wildman–Crippen LogP) is 2.93. The van der Waals surface area contributed by atoms with Gasteiger partial charge in [-0.1, -0.05) is 0 Å². The first-order valence-corrected chi connectivity index (χ1v) is 9.54. The summed E-state index contributed by atoms with van der Waals surface area (Å²) in [5.41, 5.74) is 7.54. The van der Waals surface area contributed by atoms with Gasteiger partial charge in [0.25, 0.3) is 0 Å². The zero-order chi connectivity index (χ0) is 19.2. The van der Waals surface area contributed by atoms with Crippen molar-refractivity contribution in [1.29, 1.82) is 0 Å². The summed E-state index contributed by atoms with van der Waals surface area (Å²) in [6.45, 7) is 6.51. The number of likely N-dealkylation sites (tertiary alicyclic amines) is 1. The van der Waals surface area contributed by atoms with Gasteiger partial charge in [-0.3, -0.25) is 9.69 Å². The Labute approximate surface area is 160 Å². The van der Waals surface area contributed by atoms with Crippen molar-refractivity contribution in [2.75, 3.05) is 19.8 Å². The normalized spacial score (nSPS) is 17.6. The van der Waals surface area contributed by atoms with Gasteiger partial charge in [-0.25, -0.2) is 0 Å². The molecular formula is C21H28N3O3. The van der Waals surface area contributed by atoms with Gasteiger partial charge in [-0.2, -0.15) is 0 Å².